The van der Waals surface area contributed by atoms with E-state index in [1.54, 1.807) is 0 Å². The molecule has 0 atom stereocenters. The van der Waals surface area contributed by atoms with Gasteiger partial charge in [-0.3, -0.25) is 4.79 Å². The first-order valence-corrected chi connectivity index (χ1v) is 5.93. The third-order valence-electron chi connectivity index (χ3n) is 1.69. The molecule has 5 nitrogen and oxygen atoms in total. The largest absolute Gasteiger partial charge is 0.378 e. The molecule has 0 fully saturated rings. The Morgan fingerprint density at radius 2 is 1.69 bits per heavy atom. The summed E-state index contributed by atoms with van der Waals surface area (Å²) in [5.74, 6) is 0. The highest BCUT2D eigenvalue weighted by atomic mass is 32.1. The molecular weight excluding hydrogens is 228 g/mol. The first-order chi connectivity index (χ1) is 7.63. The maximum Gasteiger partial charge on any atom is 0.276 e. The summed E-state index contributed by atoms with van der Waals surface area (Å²) in [6.45, 7) is 7.83. The van der Waals surface area contributed by atoms with Crippen LogP contribution >= 0.6 is 12.6 Å². The minimum Gasteiger partial charge on any atom is -0.378 e. The highest BCUT2D eigenvalue weighted by molar-refractivity contribution is 7.96. The Balaban J connectivity index is 2.96. The standard InChI is InChI=1S/C10H22N2O3S/c1-9(2)11-3-5-14-7-8-15-6-4-12-10(13)16/h9,11H,3-8H2,1-2H3,(H2,12,13,16). The van der Waals surface area contributed by atoms with Crippen LogP contribution in [0.15, 0.2) is 0 Å². The number of nitrogens with one attached hydrogen (secondary N) is 2. The van der Waals surface area contributed by atoms with Crippen molar-refractivity contribution in [2.45, 2.75) is 19.9 Å². The minimum atomic E-state index is -0.334. The van der Waals surface area contributed by atoms with Gasteiger partial charge >= 0.3 is 0 Å². The van der Waals surface area contributed by atoms with E-state index in [0.29, 0.717) is 39.0 Å². The highest BCUT2D eigenvalue weighted by Gasteiger charge is 1.93. The lowest BCUT2D eigenvalue weighted by atomic mass is 10.4. The number of thiol groups is 1. The normalized spacial score (nSPS) is 10.8. The van der Waals surface area contributed by atoms with Crippen LogP contribution in [0.25, 0.3) is 0 Å². The van der Waals surface area contributed by atoms with Crippen LogP contribution in [0.3, 0.4) is 0 Å². The quantitative estimate of drug-likeness (QED) is 0.394. The van der Waals surface area contributed by atoms with Crippen molar-refractivity contribution >= 4 is 17.9 Å². The van der Waals surface area contributed by atoms with E-state index in [1.165, 1.54) is 0 Å². The topological polar surface area (TPSA) is 59.6 Å². The number of hydrogen-bond acceptors (Lipinski definition) is 4. The maximum atomic E-state index is 10.4. The van der Waals surface area contributed by atoms with Gasteiger partial charge in [-0.15, -0.1) is 0 Å². The third-order valence-corrected chi connectivity index (χ3v) is 1.85. The highest BCUT2D eigenvalue weighted by Crippen LogP contribution is 1.81. The van der Waals surface area contributed by atoms with Crippen molar-refractivity contribution in [3.8, 4) is 0 Å². The second-order valence-electron chi connectivity index (χ2n) is 3.57. The molecule has 0 unspecified atom stereocenters. The molecule has 96 valence electrons. The molecule has 0 spiro atoms. The molecule has 0 aromatic rings. The lowest BCUT2D eigenvalue weighted by Crippen LogP contribution is -2.27. The van der Waals surface area contributed by atoms with Crippen LogP contribution in [-0.2, 0) is 9.47 Å². The van der Waals surface area contributed by atoms with Crippen LogP contribution in [0.4, 0.5) is 4.79 Å². The van der Waals surface area contributed by atoms with Gasteiger partial charge in [0.25, 0.3) is 5.24 Å². The number of carbonyl (C=O) groups excluding carboxylic acids is 1. The Kier molecular flexibility index (Phi) is 11.0. The van der Waals surface area contributed by atoms with Crippen LogP contribution in [0.5, 0.6) is 0 Å². The zero-order valence-electron chi connectivity index (χ0n) is 9.99. The Labute approximate surface area is 103 Å². The number of amides is 1. The Morgan fingerprint density at radius 3 is 2.19 bits per heavy atom. The molecule has 0 rings (SSSR count). The zero-order chi connectivity index (χ0) is 12.2. The summed E-state index contributed by atoms with van der Waals surface area (Å²) in [5, 5.41) is 5.43. The fourth-order valence-corrected chi connectivity index (χ4v) is 1.08. The van der Waals surface area contributed by atoms with Crippen LogP contribution in [0.1, 0.15) is 13.8 Å². The van der Waals surface area contributed by atoms with E-state index in [1.807, 2.05) is 0 Å². The molecule has 0 saturated heterocycles. The van der Waals surface area contributed by atoms with Gasteiger partial charge in [-0.1, -0.05) is 26.5 Å². The first kappa shape index (κ1) is 15.7. The van der Waals surface area contributed by atoms with E-state index < -0.39 is 0 Å². The van der Waals surface area contributed by atoms with Crippen LogP contribution in [0, 0.1) is 0 Å². The first-order valence-electron chi connectivity index (χ1n) is 5.48. The predicted molar refractivity (Wildman–Crippen MR) is 67.2 cm³/mol. The summed E-state index contributed by atoms with van der Waals surface area (Å²) in [4.78, 5) is 10.4. The third kappa shape index (κ3) is 13.7. The summed E-state index contributed by atoms with van der Waals surface area (Å²) >= 11 is 3.56. The van der Waals surface area contributed by atoms with Crippen molar-refractivity contribution in [3.05, 3.63) is 0 Å². The number of hydrogen-bond donors (Lipinski definition) is 3. The molecular formula is C10H22N2O3S. The number of ether oxygens (including phenoxy) is 2. The molecule has 0 radical (unpaired) electrons. The molecule has 0 aromatic carbocycles. The van der Waals surface area contributed by atoms with Gasteiger partial charge in [0, 0.05) is 19.1 Å². The minimum absolute atomic E-state index is 0.334. The summed E-state index contributed by atoms with van der Waals surface area (Å²) < 4.78 is 10.5. The van der Waals surface area contributed by atoms with Crippen LogP contribution in [0.2, 0.25) is 0 Å². The summed E-state index contributed by atoms with van der Waals surface area (Å²) in [6.07, 6.45) is 0. The zero-order valence-corrected chi connectivity index (χ0v) is 10.9. The van der Waals surface area contributed by atoms with Gasteiger partial charge in [-0.2, -0.15) is 0 Å². The Bertz CT molecular complexity index is 179. The van der Waals surface area contributed by atoms with Crippen molar-refractivity contribution in [1.29, 1.82) is 0 Å². The van der Waals surface area contributed by atoms with E-state index in [4.69, 9.17) is 9.47 Å². The average molecular weight is 250 g/mol. The molecule has 0 bridgehead atoms. The van der Waals surface area contributed by atoms with Crippen molar-refractivity contribution in [1.82, 2.24) is 10.6 Å². The van der Waals surface area contributed by atoms with Gasteiger partial charge in [0.05, 0.1) is 26.4 Å². The van der Waals surface area contributed by atoms with Crippen molar-refractivity contribution < 1.29 is 14.3 Å². The van der Waals surface area contributed by atoms with Crippen molar-refractivity contribution in [2.24, 2.45) is 0 Å². The van der Waals surface area contributed by atoms with Gasteiger partial charge in [-0.05, 0) is 0 Å². The average Bonchev–Trinajstić information content (AvgIpc) is 2.20. The second-order valence-corrected chi connectivity index (χ2v) is 3.97. The molecule has 6 heteroatoms. The number of carbonyl (C=O) groups is 1. The molecule has 0 aliphatic heterocycles. The predicted octanol–water partition coefficient (Wildman–Crippen LogP) is 0.657. The van der Waals surface area contributed by atoms with Gasteiger partial charge in [0.2, 0.25) is 0 Å². The van der Waals surface area contributed by atoms with Crippen LogP contribution < -0.4 is 10.6 Å². The van der Waals surface area contributed by atoms with E-state index >= 15 is 0 Å². The van der Waals surface area contributed by atoms with Crippen molar-refractivity contribution in [2.75, 3.05) is 39.5 Å². The van der Waals surface area contributed by atoms with E-state index in [9.17, 15) is 4.79 Å². The smallest absolute Gasteiger partial charge is 0.276 e. The lowest BCUT2D eigenvalue weighted by Gasteiger charge is -2.08. The molecule has 2 N–H and O–H groups in total. The van der Waals surface area contributed by atoms with Crippen molar-refractivity contribution in [3.63, 3.8) is 0 Å². The van der Waals surface area contributed by atoms with Gasteiger partial charge < -0.3 is 20.1 Å². The van der Waals surface area contributed by atoms with Crippen LogP contribution in [-0.4, -0.2) is 50.8 Å². The lowest BCUT2D eigenvalue weighted by molar-refractivity contribution is 0.0502. The van der Waals surface area contributed by atoms with Gasteiger partial charge in [0.1, 0.15) is 0 Å². The van der Waals surface area contributed by atoms with Gasteiger partial charge in [-0.25, -0.2) is 0 Å². The Morgan fingerprint density at radius 1 is 1.12 bits per heavy atom. The summed E-state index contributed by atoms with van der Waals surface area (Å²) in [7, 11) is 0. The fraction of sp³-hybridized carbons (Fsp3) is 0.900. The summed E-state index contributed by atoms with van der Waals surface area (Å²) in [6, 6.07) is 0.490. The molecule has 0 aliphatic carbocycles. The van der Waals surface area contributed by atoms with Gasteiger partial charge in [0.15, 0.2) is 0 Å². The Hall–Kier alpha value is -0.300. The molecule has 0 aliphatic rings. The molecule has 0 aromatic heterocycles. The molecule has 1 amide bonds. The monoisotopic (exact) mass is 250 g/mol. The molecule has 0 heterocycles. The van der Waals surface area contributed by atoms with E-state index in [2.05, 4.69) is 37.1 Å². The number of rotatable bonds is 10. The molecule has 0 saturated carbocycles. The van der Waals surface area contributed by atoms with E-state index in [0.717, 1.165) is 6.54 Å². The SMILES string of the molecule is CC(C)NCCOCCOCCNC(=O)S. The van der Waals surface area contributed by atoms with E-state index in [-0.39, 0.29) is 5.24 Å². The molecule has 16 heavy (non-hydrogen) atoms. The maximum absolute atomic E-state index is 10.4. The summed E-state index contributed by atoms with van der Waals surface area (Å²) in [5.41, 5.74) is 0. The second kappa shape index (κ2) is 11.2. The fourth-order valence-electron chi connectivity index (χ4n) is 0.972.